The average Bonchev–Trinajstić information content (AvgIpc) is 2.47. The largest absolute Gasteiger partial charge is 0.478 e. The molecular formula is C14H18N4O. The van der Waals surface area contributed by atoms with Crippen LogP contribution in [0.15, 0.2) is 36.9 Å². The number of hydrogen-bond donors (Lipinski definition) is 1. The van der Waals surface area contributed by atoms with Gasteiger partial charge >= 0.3 is 0 Å². The molecule has 0 aliphatic carbocycles. The van der Waals surface area contributed by atoms with Crippen molar-refractivity contribution in [1.82, 2.24) is 15.0 Å². The maximum atomic E-state index is 5.46. The van der Waals surface area contributed by atoms with Crippen molar-refractivity contribution in [1.29, 1.82) is 0 Å². The smallest absolute Gasteiger partial charge is 0.218 e. The lowest BCUT2D eigenvalue weighted by molar-refractivity contribution is 0.305. The first-order chi connectivity index (χ1) is 9.38. The fourth-order valence-corrected chi connectivity index (χ4v) is 1.61. The highest BCUT2D eigenvalue weighted by atomic mass is 16.5. The van der Waals surface area contributed by atoms with Crippen LogP contribution in [-0.4, -0.2) is 28.1 Å². The van der Waals surface area contributed by atoms with Crippen LogP contribution in [0.4, 0.5) is 5.82 Å². The highest BCUT2D eigenvalue weighted by Crippen LogP contribution is 2.11. The summed E-state index contributed by atoms with van der Waals surface area (Å²) in [4.78, 5) is 12.2. The third kappa shape index (κ3) is 4.54. The third-order valence-corrected chi connectivity index (χ3v) is 2.57. The molecule has 0 amide bonds. The van der Waals surface area contributed by atoms with Crippen molar-refractivity contribution >= 4 is 5.82 Å². The summed E-state index contributed by atoms with van der Waals surface area (Å²) < 4.78 is 5.46. The van der Waals surface area contributed by atoms with Gasteiger partial charge in [-0.15, -0.1) is 0 Å². The SMILES string of the molecule is CCCOc1cc(NCCc2ccncc2)ncn1. The van der Waals surface area contributed by atoms with E-state index in [4.69, 9.17) is 4.74 Å². The highest BCUT2D eigenvalue weighted by molar-refractivity contribution is 5.37. The Hall–Kier alpha value is -2.17. The first kappa shape index (κ1) is 13.3. The molecule has 0 fully saturated rings. The molecule has 100 valence electrons. The molecule has 0 aliphatic heterocycles. The Balaban J connectivity index is 1.82. The zero-order chi connectivity index (χ0) is 13.3. The number of nitrogens with zero attached hydrogens (tertiary/aromatic N) is 3. The molecular weight excluding hydrogens is 240 g/mol. The fraction of sp³-hybridized carbons (Fsp3) is 0.357. The van der Waals surface area contributed by atoms with Crippen LogP contribution in [-0.2, 0) is 6.42 Å². The van der Waals surface area contributed by atoms with E-state index in [-0.39, 0.29) is 0 Å². The summed E-state index contributed by atoms with van der Waals surface area (Å²) in [6.07, 6.45) is 7.01. The van der Waals surface area contributed by atoms with Crippen LogP contribution < -0.4 is 10.1 Å². The molecule has 2 heterocycles. The molecule has 0 saturated carbocycles. The Morgan fingerprint density at radius 2 is 2.05 bits per heavy atom. The van der Waals surface area contributed by atoms with E-state index >= 15 is 0 Å². The molecule has 0 saturated heterocycles. The Kier molecular flexibility index (Phi) is 5.10. The van der Waals surface area contributed by atoms with E-state index in [1.54, 1.807) is 12.4 Å². The lowest BCUT2D eigenvalue weighted by Crippen LogP contribution is -2.07. The van der Waals surface area contributed by atoms with Crippen molar-refractivity contribution in [2.45, 2.75) is 19.8 Å². The summed E-state index contributed by atoms with van der Waals surface area (Å²) in [5.41, 5.74) is 1.25. The van der Waals surface area contributed by atoms with E-state index in [9.17, 15) is 0 Å². The molecule has 2 aromatic heterocycles. The second kappa shape index (κ2) is 7.31. The van der Waals surface area contributed by atoms with Crippen LogP contribution in [0.3, 0.4) is 0 Å². The Morgan fingerprint density at radius 3 is 2.84 bits per heavy atom. The molecule has 0 radical (unpaired) electrons. The van der Waals surface area contributed by atoms with Crippen molar-refractivity contribution in [3.05, 3.63) is 42.5 Å². The second-order valence-corrected chi connectivity index (χ2v) is 4.12. The summed E-state index contributed by atoms with van der Waals surface area (Å²) in [6, 6.07) is 5.84. The van der Waals surface area contributed by atoms with Crippen LogP contribution in [0.5, 0.6) is 5.88 Å². The lowest BCUT2D eigenvalue weighted by Gasteiger charge is -2.07. The van der Waals surface area contributed by atoms with Crippen molar-refractivity contribution in [3.8, 4) is 5.88 Å². The first-order valence-electron chi connectivity index (χ1n) is 6.46. The zero-order valence-electron chi connectivity index (χ0n) is 11.0. The summed E-state index contributed by atoms with van der Waals surface area (Å²) >= 11 is 0. The van der Waals surface area contributed by atoms with Gasteiger partial charge in [-0.3, -0.25) is 4.98 Å². The molecule has 0 aliphatic rings. The molecule has 2 rings (SSSR count). The maximum absolute atomic E-state index is 5.46. The molecule has 0 aromatic carbocycles. The van der Waals surface area contributed by atoms with Gasteiger partial charge in [0.1, 0.15) is 12.1 Å². The first-order valence-corrected chi connectivity index (χ1v) is 6.46. The quantitative estimate of drug-likeness (QED) is 0.825. The van der Waals surface area contributed by atoms with Gasteiger partial charge in [0, 0.05) is 25.0 Å². The molecule has 0 spiro atoms. The number of ether oxygens (including phenoxy) is 1. The van der Waals surface area contributed by atoms with Crippen LogP contribution >= 0.6 is 0 Å². The highest BCUT2D eigenvalue weighted by Gasteiger charge is 1.99. The standard InChI is InChI=1S/C14H18N4O/c1-2-9-19-14-10-13(17-11-18-14)16-8-5-12-3-6-15-7-4-12/h3-4,6-7,10-11H,2,5,8-9H2,1H3,(H,16,17,18). The molecule has 19 heavy (non-hydrogen) atoms. The molecule has 1 N–H and O–H groups in total. The molecule has 5 nitrogen and oxygen atoms in total. The van der Waals surface area contributed by atoms with Gasteiger partial charge in [0.05, 0.1) is 6.61 Å². The van der Waals surface area contributed by atoms with Gasteiger partial charge in [0.25, 0.3) is 0 Å². The average molecular weight is 258 g/mol. The van der Waals surface area contributed by atoms with Gasteiger partial charge in [0.2, 0.25) is 5.88 Å². The van der Waals surface area contributed by atoms with Crippen LogP contribution in [0.1, 0.15) is 18.9 Å². The molecule has 2 aromatic rings. The topological polar surface area (TPSA) is 59.9 Å². The van der Waals surface area contributed by atoms with Crippen molar-refractivity contribution in [3.63, 3.8) is 0 Å². The van der Waals surface area contributed by atoms with Gasteiger partial charge in [-0.05, 0) is 30.5 Å². The monoisotopic (exact) mass is 258 g/mol. The number of hydrogen-bond acceptors (Lipinski definition) is 5. The van der Waals surface area contributed by atoms with E-state index < -0.39 is 0 Å². The van der Waals surface area contributed by atoms with E-state index in [1.807, 2.05) is 18.2 Å². The second-order valence-electron chi connectivity index (χ2n) is 4.12. The van der Waals surface area contributed by atoms with E-state index in [2.05, 4.69) is 27.2 Å². The minimum absolute atomic E-state index is 0.614. The minimum atomic E-state index is 0.614. The normalized spacial score (nSPS) is 10.2. The summed E-state index contributed by atoms with van der Waals surface area (Å²) in [5.74, 6) is 1.40. The Bertz CT molecular complexity index is 490. The van der Waals surface area contributed by atoms with Crippen molar-refractivity contribution < 1.29 is 4.74 Å². The van der Waals surface area contributed by atoms with Crippen LogP contribution in [0, 0.1) is 0 Å². The fourth-order valence-electron chi connectivity index (χ4n) is 1.61. The van der Waals surface area contributed by atoms with Crippen LogP contribution in [0.2, 0.25) is 0 Å². The van der Waals surface area contributed by atoms with Crippen molar-refractivity contribution in [2.75, 3.05) is 18.5 Å². The molecule has 0 atom stereocenters. The molecule has 0 unspecified atom stereocenters. The van der Waals surface area contributed by atoms with Gasteiger partial charge in [0.15, 0.2) is 0 Å². The predicted molar refractivity (Wildman–Crippen MR) is 74.2 cm³/mol. The number of nitrogens with one attached hydrogen (secondary N) is 1. The minimum Gasteiger partial charge on any atom is -0.478 e. The van der Waals surface area contributed by atoms with Crippen LogP contribution in [0.25, 0.3) is 0 Å². The van der Waals surface area contributed by atoms with Gasteiger partial charge < -0.3 is 10.1 Å². The summed E-state index contributed by atoms with van der Waals surface area (Å²) in [5, 5.41) is 3.26. The summed E-state index contributed by atoms with van der Waals surface area (Å²) in [7, 11) is 0. The zero-order valence-corrected chi connectivity index (χ0v) is 11.0. The summed E-state index contributed by atoms with van der Waals surface area (Å²) in [6.45, 7) is 3.55. The Labute approximate surface area is 113 Å². The number of anilines is 1. The maximum Gasteiger partial charge on any atom is 0.218 e. The number of pyridine rings is 1. The van der Waals surface area contributed by atoms with E-state index in [0.717, 1.165) is 25.2 Å². The van der Waals surface area contributed by atoms with E-state index in [0.29, 0.717) is 12.5 Å². The number of aromatic nitrogens is 3. The molecule has 0 bridgehead atoms. The number of rotatable bonds is 7. The lowest BCUT2D eigenvalue weighted by atomic mass is 10.2. The van der Waals surface area contributed by atoms with E-state index in [1.165, 1.54) is 11.9 Å². The van der Waals surface area contributed by atoms with Gasteiger partial charge in [-0.25, -0.2) is 9.97 Å². The van der Waals surface area contributed by atoms with Gasteiger partial charge in [-0.1, -0.05) is 6.92 Å². The van der Waals surface area contributed by atoms with Gasteiger partial charge in [-0.2, -0.15) is 0 Å². The van der Waals surface area contributed by atoms with Crippen molar-refractivity contribution in [2.24, 2.45) is 0 Å². The Morgan fingerprint density at radius 1 is 1.21 bits per heavy atom. The molecule has 5 heteroatoms. The third-order valence-electron chi connectivity index (χ3n) is 2.57. The predicted octanol–water partition coefficient (Wildman–Crippen LogP) is 2.32.